The van der Waals surface area contributed by atoms with Crippen molar-refractivity contribution in [3.8, 4) is 11.5 Å². The number of benzene rings is 3. The van der Waals surface area contributed by atoms with Crippen molar-refractivity contribution in [1.82, 2.24) is 4.90 Å². The van der Waals surface area contributed by atoms with Gasteiger partial charge >= 0.3 is 0 Å². The van der Waals surface area contributed by atoms with Crippen molar-refractivity contribution >= 4 is 29.1 Å². The quantitative estimate of drug-likeness (QED) is 0.250. The van der Waals surface area contributed by atoms with Gasteiger partial charge in [-0.15, -0.1) is 0 Å². The lowest BCUT2D eigenvalue weighted by Gasteiger charge is -2.47. The highest BCUT2D eigenvalue weighted by Crippen LogP contribution is 2.44. The Labute approximate surface area is 234 Å². The standard InChI is InChI=1S/C30H33Cl2NO5/c1-19(14-15-37-18-21-8-13-26(35-3)27(16-21)36-4)33-28(22-9-11-24(31)12-10-22)29(38-20(2)30(33)34)23-6-5-7-25(32)17-23/h5-13,16-17,19-20,28-29H,14-15,18H2,1-4H3/t19-,20+,28+,29+/m0/s1. The topological polar surface area (TPSA) is 57.2 Å². The predicted octanol–water partition coefficient (Wildman–Crippen LogP) is 7.04. The fourth-order valence-electron chi connectivity index (χ4n) is 4.83. The molecule has 0 aliphatic carbocycles. The molecule has 0 aromatic heterocycles. The lowest BCUT2D eigenvalue weighted by Crippen LogP contribution is -2.53. The Morgan fingerprint density at radius 1 is 0.921 bits per heavy atom. The molecular formula is C30H33Cl2NO5. The number of methoxy groups -OCH3 is 2. The zero-order valence-electron chi connectivity index (χ0n) is 22.0. The second kappa shape index (κ2) is 12.9. The Balaban J connectivity index is 1.53. The van der Waals surface area contributed by atoms with Gasteiger partial charge in [0.05, 0.1) is 26.9 Å². The van der Waals surface area contributed by atoms with E-state index in [9.17, 15) is 4.79 Å². The summed E-state index contributed by atoms with van der Waals surface area (Å²) in [5, 5.41) is 1.25. The minimum Gasteiger partial charge on any atom is -0.493 e. The van der Waals surface area contributed by atoms with E-state index in [1.807, 2.05) is 78.6 Å². The van der Waals surface area contributed by atoms with Crippen LogP contribution in [0.25, 0.3) is 0 Å². The molecule has 1 fully saturated rings. The first-order valence-electron chi connectivity index (χ1n) is 12.6. The van der Waals surface area contributed by atoms with Crippen LogP contribution in [0.5, 0.6) is 11.5 Å². The van der Waals surface area contributed by atoms with Gasteiger partial charge in [0, 0.05) is 22.7 Å². The number of carbonyl (C=O) groups is 1. The van der Waals surface area contributed by atoms with Crippen LogP contribution in [0.3, 0.4) is 0 Å². The molecule has 1 amide bonds. The summed E-state index contributed by atoms with van der Waals surface area (Å²) in [7, 11) is 3.22. The number of rotatable bonds is 10. The molecule has 202 valence electrons. The van der Waals surface area contributed by atoms with Crippen molar-refractivity contribution in [2.24, 2.45) is 0 Å². The molecule has 6 nitrogen and oxygen atoms in total. The van der Waals surface area contributed by atoms with Crippen LogP contribution in [0.1, 0.15) is 49.1 Å². The average molecular weight is 559 g/mol. The fourth-order valence-corrected chi connectivity index (χ4v) is 5.15. The van der Waals surface area contributed by atoms with Gasteiger partial charge in [-0.25, -0.2) is 0 Å². The molecule has 0 unspecified atom stereocenters. The van der Waals surface area contributed by atoms with E-state index < -0.39 is 12.2 Å². The second-order valence-corrected chi connectivity index (χ2v) is 10.2. The normalized spacial score (nSPS) is 20.3. The minimum atomic E-state index is -0.599. The monoisotopic (exact) mass is 557 g/mol. The summed E-state index contributed by atoms with van der Waals surface area (Å²) in [4.78, 5) is 15.5. The van der Waals surface area contributed by atoms with Gasteiger partial charge in [-0.2, -0.15) is 0 Å². The number of hydrogen-bond donors (Lipinski definition) is 0. The molecule has 0 bridgehead atoms. The molecule has 38 heavy (non-hydrogen) atoms. The summed E-state index contributed by atoms with van der Waals surface area (Å²) < 4.78 is 23.0. The SMILES string of the molecule is COc1ccc(COCC[C@H](C)N2C(=O)[C@@H](C)O[C@H](c3cccc(Cl)c3)[C@H]2c2ccc(Cl)cc2)cc1OC. The van der Waals surface area contributed by atoms with Crippen LogP contribution in [-0.4, -0.2) is 43.8 Å². The van der Waals surface area contributed by atoms with E-state index in [0.29, 0.717) is 41.2 Å². The van der Waals surface area contributed by atoms with Crippen molar-refractivity contribution in [2.75, 3.05) is 20.8 Å². The summed E-state index contributed by atoms with van der Waals surface area (Å²) >= 11 is 12.5. The van der Waals surface area contributed by atoms with Gasteiger partial charge in [-0.05, 0) is 73.4 Å². The van der Waals surface area contributed by atoms with Crippen molar-refractivity contribution in [1.29, 1.82) is 0 Å². The molecule has 1 saturated heterocycles. The number of nitrogens with zero attached hydrogens (tertiary/aromatic N) is 1. The minimum absolute atomic E-state index is 0.0596. The predicted molar refractivity (Wildman–Crippen MR) is 149 cm³/mol. The Bertz CT molecular complexity index is 1240. The molecule has 1 aliphatic rings. The van der Waals surface area contributed by atoms with E-state index in [2.05, 4.69) is 0 Å². The van der Waals surface area contributed by atoms with Crippen LogP contribution < -0.4 is 9.47 Å². The number of halogens is 2. The number of morpholine rings is 1. The molecule has 3 aromatic rings. The maximum Gasteiger partial charge on any atom is 0.252 e. The van der Waals surface area contributed by atoms with Gasteiger partial charge in [0.1, 0.15) is 12.2 Å². The Morgan fingerprint density at radius 3 is 2.34 bits per heavy atom. The van der Waals surface area contributed by atoms with Gasteiger partial charge < -0.3 is 23.8 Å². The van der Waals surface area contributed by atoms with Gasteiger partial charge in [-0.1, -0.05) is 53.5 Å². The van der Waals surface area contributed by atoms with Crippen molar-refractivity contribution in [2.45, 2.75) is 51.2 Å². The van der Waals surface area contributed by atoms with Crippen LogP contribution in [0.15, 0.2) is 66.7 Å². The first kappa shape index (κ1) is 28.2. The van der Waals surface area contributed by atoms with Crippen molar-refractivity contribution in [3.05, 3.63) is 93.5 Å². The Hall–Kier alpha value is -2.77. The fraction of sp³-hybridized carbons (Fsp3) is 0.367. The summed E-state index contributed by atoms with van der Waals surface area (Å²) in [5.41, 5.74) is 2.84. The molecule has 1 aliphatic heterocycles. The van der Waals surface area contributed by atoms with Crippen LogP contribution in [-0.2, 0) is 20.9 Å². The van der Waals surface area contributed by atoms with Gasteiger partial charge in [0.25, 0.3) is 5.91 Å². The summed E-state index contributed by atoms with van der Waals surface area (Å²) in [6, 6.07) is 20.4. The van der Waals surface area contributed by atoms with E-state index >= 15 is 0 Å². The Kier molecular flexibility index (Phi) is 9.55. The number of carbonyl (C=O) groups excluding carboxylic acids is 1. The molecule has 4 rings (SSSR count). The molecule has 1 heterocycles. The maximum atomic E-state index is 13.5. The number of hydrogen-bond acceptors (Lipinski definition) is 5. The first-order valence-corrected chi connectivity index (χ1v) is 13.3. The average Bonchev–Trinajstić information content (AvgIpc) is 2.92. The largest absolute Gasteiger partial charge is 0.493 e. The van der Waals surface area contributed by atoms with Crippen molar-refractivity contribution < 1.29 is 23.7 Å². The molecule has 4 atom stereocenters. The van der Waals surface area contributed by atoms with E-state index in [1.165, 1.54) is 0 Å². The second-order valence-electron chi connectivity index (χ2n) is 9.38. The summed E-state index contributed by atoms with van der Waals surface area (Å²) in [6.07, 6.45) is -0.339. The molecule has 3 aromatic carbocycles. The first-order chi connectivity index (χ1) is 18.3. The third-order valence-corrected chi connectivity index (χ3v) is 7.29. The molecule has 0 N–H and O–H groups in total. The Morgan fingerprint density at radius 2 is 1.66 bits per heavy atom. The van der Waals surface area contributed by atoms with Gasteiger partial charge in [0.2, 0.25) is 0 Å². The van der Waals surface area contributed by atoms with E-state index in [0.717, 1.165) is 16.7 Å². The molecular weight excluding hydrogens is 525 g/mol. The van der Waals surface area contributed by atoms with Crippen LogP contribution >= 0.6 is 23.2 Å². The highest BCUT2D eigenvalue weighted by atomic mass is 35.5. The smallest absolute Gasteiger partial charge is 0.252 e. The molecule has 0 saturated carbocycles. The molecule has 0 radical (unpaired) electrons. The van der Waals surface area contributed by atoms with Crippen LogP contribution in [0.4, 0.5) is 0 Å². The third kappa shape index (κ3) is 6.44. The molecule has 8 heteroatoms. The summed E-state index contributed by atoms with van der Waals surface area (Å²) in [6.45, 7) is 4.74. The van der Waals surface area contributed by atoms with Crippen LogP contribution in [0, 0.1) is 0 Å². The van der Waals surface area contributed by atoms with E-state index in [1.54, 1.807) is 21.1 Å². The lowest BCUT2D eigenvalue weighted by atomic mass is 9.90. The lowest BCUT2D eigenvalue weighted by molar-refractivity contribution is -0.176. The van der Waals surface area contributed by atoms with E-state index in [4.69, 9.17) is 42.1 Å². The van der Waals surface area contributed by atoms with E-state index in [-0.39, 0.29) is 18.0 Å². The van der Waals surface area contributed by atoms with Crippen LogP contribution in [0.2, 0.25) is 10.0 Å². The van der Waals surface area contributed by atoms with Gasteiger partial charge in [0.15, 0.2) is 11.5 Å². The zero-order chi connectivity index (χ0) is 27.2. The zero-order valence-corrected chi connectivity index (χ0v) is 23.5. The highest BCUT2D eigenvalue weighted by molar-refractivity contribution is 6.30. The summed E-state index contributed by atoms with van der Waals surface area (Å²) in [5.74, 6) is 1.27. The highest BCUT2D eigenvalue weighted by Gasteiger charge is 2.44. The maximum absolute atomic E-state index is 13.5. The molecule has 0 spiro atoms. The number of amides is 1. The van der Waals surface area contributed by atoms with Gasteiger partial charge in [-0.3, -0.25) is 4.79 Å². The van der Waals surface area contributed by atoms with Crippen molar-refractivity contribution in [3.63, 3.8) is 0 Å². The number of ether oxygens (including phenoxy) is 4. The third-order valence-electron chi connectivity index (χ3n) is 6.80.